The lowest BCUT2D eigenvalue weighted by Gasteiger charge is -2.38. The van der Waals surface area contributed by atoms with E-state index >= 15 is 0 Å². The Kier molecular flexibility index (Phi) is 6.83. The summed E-state index contributed by atoms with van der Waals surface area (Å²) in [5, 5.41) is 11.5. The molecule has 1 aliphatic carbocycles. The van der Waals surface area contributed by atoms with Gasteiger partial charge in [0.2, 0.25) is 0 Å². The minimum Gasteiger partial charge on any atom is -0.493 e. The van der Waals surface area contributed by atoms with Gasteiger partial charge in [-0.2, -0.15) is 8.78 Å². The van der Waals surface area contributed by atoms with Crippen LogP contribution in [-0.2, 0) is 4.74 Å². The number of hydrogen-bond donors (Lipinski definition) is 0. The first-order valence-electron chi connectivity index (χ1n) is 9.62. The number of morpholine rings is 1. The molecule has 1 saturated carbocycles. The van der Waals surface area contributed by atoms with Crippen molar-refractivity contribution < 1.29 is 32.7 Å². The molecule has 1 atom stereocenters. The van der Waals surface area contributed by atoms with E-state index in [0.29, 0.717) is 25.6 Å². The minimum absolute atomic E-state index is 0.101. The topological polar surface area (TPSA) is 91.1 Å². The predicted octanol–water partition coefficient (Wildman–Crippen LogP) is 3.63. The summed E-state index contributed by atoms with van der Waals surface area (Å²) in [4.78, 5) is 25.3. The van der Waals surface area contributed by atoms with Gasteiger partial charge in [0.25, 0.3) is 11.6 Å². The van der Waals surface area contributed by atoms with Gasteiger partial charge in [0.05, 0.1) is 30.8 Å². The molecule has 0 radical (unpaired) electrons. The van der Waals surface area contributed by atoms with Gasteiger partial charge in [-0.1, -0.05) is 19.3 Å². The zero-order valence-electron chi connectivity index (χ0n) is 16.1. The van der Waals surface area contributed by atoms with Crippen LogP contribution < -0.4 is 9.47 Å². The van der Waals surface area contributed by atoms with Gasteiger partial charge in [0.15, 0.2) is 11.5 Å². The average molecular weight is 414 g/mol. The number of carbonyl (C=O) groups excluding carboxylic acids is 1. The summed E-state index contributed by atoms with van der Waals surface area (Å²) in [6.07, 6.45) is 5.45. The molecule has 0 aromatic heterocycles. The third-order valence-electron chi connectivity index (χ3n) is 5.48. The lowest BCUT2D eigenvalue weighted by atomic mass is 9.84. The zero-order chi connectivity index (χ0) is 21.0. The van der Waals surface area contributed by atoms with Crippen LogP contribution in [0.4, 0.5) is 14.5 Å². The number of benzene rings is 1. The number of nitrogens with zero attached hydrogens (tertiary/aromatic N) is 2. The highest BCUT2D eigenvalue weighted by atomic mass is 19.3. The quantitative estimate of drug-likeness (QED) is 0.522. The van der Waals surface area contributed by atoms with Gasteiger partial charge in [0, 0.05) is 19.2 Å². The highest BCUT2D eigenvalue weighted by Gasteiger charge is 2.34. The molecular formula is C19H24F2N2O6. The first-order chi connectivity index (χ1) is 13.9. The highest BCUT2D eigenvalue weighted by molar-refractivity contribution is 5.99. The molecule has 1 amide bonds. The normalized spacial score (nSPS) is 20.6. The molecule has 1 aromatic rings. The van der Waals surface area contributed by atoms with Crippen molar-refractivity contribution in [2.24, 2.45) is 5.92 Å². The Bertz CT molecular complexity index is 754. The minimum atomic E-state index is -3.18. The van der Waals surface area contributed by atoms with Crippen molar-refractivity contribution in [1.29, 1.82) is 0 Å². The molecule has 2 aliphatic rings. The van der Waals surface area contributed by atoms with Crippen LogP contribution in [0.5, 0.6) is 11.5 Å². The van der Waals surface area contributed by atoms with E-state index < -0.39 is 28.9 Å². The zero-order valence-corrected chi connectivity index (χ0v) is 16.1. The Morgan fingerprint density at radius 1 is 1.28 bits per heavy atom. The molecule has 2 fully saturated rings. The van der Waals surface area contributed by atoms with E-state index in [2.05, 4.69) is 4.74 Å². The molecule has 0 spiro atoms. The molecule has 0 N–H and O–H groups in total. The number of halogens is 2. The maximum Gasteiger partial charge on any atom is 0.387 e. The van der Waals surface area contributed by atoms with E-state index in [9.17, 15) is 23.7 Å². The lowest BCUT2D eigenvalue weighted by Crippen LogP contribution is -2.48. The van der Waals surface area contributed by atoms with Gasteiger partial charge < -0.3 is 19.1 Å². The smallest absolute Gasteiger partial charge is 0.387 e. The predicted molar refractivity (Wildman–Crippen MR) is 98.5 cm³/mol. The summed E-state index contributed by atoms with van der Waals surface area (Å²) in [5.41, 5.74) is -0.829. The second-order valence-electron chi connectivity index (χ2n) is 7.21. The second-order valence-corrected chi connectivity index (χ2v) is 7.21. The largest absolute Gasteiger partial charge is 0.493 e. The first kappa shape index (κ1) is 21.2. The standard InChI is InChI=1S/C19H24F2N2O6/c1-27-15-9-13(14(23(25)26)10-16(15)29-19(20)21)18(24)22-7-8-28-17(11-22)12-5-3-2-4-6-12/h9-10,12,17,19H,2-8,11H2,1H3. The Morgan fingerprint density at radius 3 is 2.62 bits per heavy atom. The highest BCUT2D eigenvalue weighted by Crippen LogP contribution is 2.37. The first-order valence-corrected chi connectivity index (χ1v) is 9.62. The van der Waals surface area contributed by atoms with E-state index in [-0.39, 0.29) is 17.4 Å². The fourth-order valence-electron chi connectivity index (χ4n) is 4.04. The maximum atomic E-state index is 13.1. The number of ether oxygens (including phenoxy) is 3. The van der Waals surface area contributed by atoms with Crippen LogP contribution in [0.25, 0.3) is 0 Å². The van der Waals surface area contributed by atoms with E-state index in [4.69, 9.17) is 9.47 Å². The van der Waals surface area contributed by atoms with E-state index in [0.717, 1.165) is 37.8 Å². The summed E-state index contributed by atoms with van der Waals surface area (Å²) in [6, 6.07) is 1.89. The van der Waals surface area contributed by atoms with Crippen molar-refractivity contribution in [2.45, 2.75) is 44.8 Å². The summed E-state index contributed by atoms with van der Waals surface area (Å²) in [6.45, 7) is -2.18. The van der Waals surface area contributed by atoms with Gasteiger partial charge in [-0.25, -0.2) is 0 Å². The van der Waals surface area contributed by atoms with Crippen LogP contribution in [-0.4, -0.2) is 55.3 Å². The number of rotatable bonds is 6. The van der Waals surface area contributed by atoms with Gasteiger partial charge in [-0.05, 0) is 18.8 Å². The van der Waals surface area contributed by atoms with Crippen LogP contribution in [0, 0.1) is 16.0 Å². The molecule has 0 bridgehead atoms. The number of amides is 1. The second kappa shape index (κ2) is 9.34. The van der Waals surface area contributed by atoms with Gasteiger partial charge >= 0.3 is 6.61 Å². The van der Waals surface area contributed by atoms with Crippen LogP contribution in [0.2, 0.25) is 0 Å². The van der Waals surface area contributed by atoms with Crippen LogP contribution >= 0.6 is 0 Å². The molecule has 1 aromatic carbocycles. The van der Waals surface area contributed by atoms with Gasteiger partial charge in [-0.15, -0.1) is 0 Å². The number of carbonyl (C=O) groups is 1. The van der Waals surface area contributed by atoms with Crippen molar-refractivity contribution >= 4 is 11.6 Å². The fraction of sp³-hybridized carbons (Fsp3) is 0.632. The Labute approximate surface area is 166 Å². The van der Waals surface area contributed by atoms with E-state index in [1.54, 1.807) is 0 Å². The van der Waals surface area contributed by atoms with Crippen molar-refractivity contribution in [3.05, 3.63) is 27.8 Å². The van der Waals surface area contributed by atoms with E-state index in [1.807, 2.05) is 0 Å². The molecule has 1 saturated heterocycles. The Hall–Kier alpha value is -2.49. The monoisotopic (exact) mass is 414 g/mol. The number of hydrogen-bond acceptors (Lipinski definition) is 6. The molecule has 160 valence electrons. The molecule has 29 heavy (non-hydrogen) atoms. The fourth-order valence-corrected chi connectivity index (χ4v) is 4.04. The molecule has 1 heterocycles. The average Bonchev–Trinajstić information content (AvgIpc) is 2.73. The van der Waals surface area contributed by atoms with Crippen LogP contribution in [0.1, 0.15) is 42.5 Å². The van der Waals surface area contributed by atoms with Crippen LogP contribution in [0.3, 0.4) is 0 Å². The number of nitro groups is 1. The third kappa shape index (κ3) is 4.92. The molecular weight excluding hydrogens is 390 g/mol. The summed E-state index contributed by atoms with van der Waals surface area (Å²) < 4.78 is 40.4. The molecule has 1 aliphatic heterocycles. The number of alkyl halides is 2. The molecule has 1 unspecified atom stereocenters. The van der Waals surface area contributed by atoms with Crippen molar-refractivity contribution in [2.75, 3.05) is 26.8 Å². The summed E-state index contributed by atoms with van der Waals surface area (Å²) in [5.74, 6) is -0.849. The Morgan fingerprint density at radius 2 is 2.00 bits per heavy atom. The summed E-state index contributed by atoms with van der Waals surface area (Å²) in [7, 11) is 1.21. The lowest BCUT2D eigenvalue weighted by molar-refractivity contribution is -0.385. The SMILES string of the molecule is COc1cc(C(=O)N2CCOC(C3CCCCC3)C2)c([N+](=O)[O-])cc1OC(F)F. The third-order valence-corrected chi connectivity index (χ3v) is 5.48. The molecule has 10 heteroatoms. The van der Waals surface area contributed by atoms with Crippen molar-refractivity contribution in [3.8, 4) is 11.5 Å². The summed E-state index contributed by atoms with van der Waals surface area (Å²) >= 11 is 0. The molecule has 3 rings (SSSR count). The van der Waals surface area contributed by atoms with Gasteiger partial charge in [-0.3, -0.25) is 14.9 Å². The number of nitro benzene ring substituents is 1. The Balaban J connectivity index is 1.85. The van der Waals surface area contributed by atoms with Crippen LogP contribution in [0.15, 0.2) is 12.1 Å². The van der Waals surface area contributed by atoms with Crippen molar-refractivity contribution in [1.82, 2.24) is 4.90 Å². The maximum absolute atomic E-state index is 13.1. The van der Waals surface area contributed by atoms with E-state index in [1.165, 1.54) is 18.4 Å². The van der Waals surface area contributed by atoms with Crippen molar-refractivity contribution in [3.63, 3.8) is 0 Å². The van der Waals surface area contributed by atoms with Gasteiger partial charge in [0.1, 0.15) is 5.56 Å². The number of methoxy groups -OCH3 is 1. The molecule has 8 nitrogen and oxygen atoms in total.